The van der Waals surface area contributed by atoms with Crippen LogP contribution in [0.25, 0.3) is 0 Å². The fourth-order valence-electron chi connectivity index (χ4n) is 2.49. The van der Waals surface area contributed by atoms with Gasteiger partial charge in [-0.25, -0.2) is 4.79 Å². The monoisotopic (exact) mass is 497 g/mol. The van der Waals surface area contributed by atoms with Gasteiger partial charge < -0.3 is 20.1 Å². The fourth-order valence-corrected chi connectivity index (χ4v) is 2.49. The molecule has 0 saturated carbocycles. The summed E-state index contributed by atoms with van der Waals surface area (Å²) in [7, 11) is 3.10. The van der Waals surface area contributed by atoms with Crippen LogP contribution in [0.1, 0.15) is 28.4 Å². The van der Waals surface area contributed by atoms with Crippen molar-refractivity contribution in [1.29, 1.82) is 0 Å². The molecular formula is C21H28IN3O3. The summed E-state index contributed by atoms with van der Waals surface area (Å²) in [4.78, 5) is 15.7. The summed E-state index contributed by atoms with van der Waals surface area (Å²) in [5, 5.41) is 6.50. The molecule has 0 radical (unpaired) electrons. The molecule has 0 spiro atoms. The predicted molar refractivity (Wildman–Crippen MR) is 123 cm³/mol. The molecule has 2 N–H and O–H groups in total. The maximum atomic E-state index is 11.5. The van der Waals surface area contributed by atoms with Crippen molar-refractivity contribution < 1.29 is 14.3 Å². The Labute approximate surface area is 183 Å². The van der Waals surface area contributed by atoms with Gasteiger partial charge in [-0.3, -0.25) is 4.99 Å². The Hall–Kier alpha value is -2.29. The summed E-state index contributed by atoms with van der Waals surface area (Å²) < 4.78 is 10.6. The van der Waals surface area contributed by atoms with E-state index in [1.807, 2.05) is 50.2 Å². The lowest BCUT2D eigenvalue weighted by Gasteiger charge is -2.18. The van der Waals surface area contributed by atoms with Gasteiger partial charge >= 0.3 is 5.97 Å². The topological polar surface area (TPSA) is 72.0 Å². The summed E-state index contributed by atoms with van der Waals surface area (Å²) in [6.45, 7) is 5.26. The van der Waals surface area contributed by atoms with E-state index >= 15 is 0 Å². The maximum Gasteiger partial charge on any atom is 0.337 e. The first-order valence-electron chi connectivity index (χ1n) is 8.87. The van der Waals surface area contributed by atoms with Crippen molar-refractivity contribution in [2.45, 2.75) is 26.5 Å². The second kappa shape index (κ2) is 12.2. The molecule has 6 nitrogen and oxygen atoms in total. The molecule has 0 aliphatic rings. The van der Waals surface area contributed by atoms with Gasteiger partial charge in [-0.05, 0) is 49.2 Å². The molecule has 0 heterocycles. The first kappa shape index (κ1) is 23.7. The van der Waals surface area contributed by atoms with Crippen LogP contribution < -0.4 is 15.4 Å². The lowest BCUT2D eigenvalue weighted by molar-refractivity contribution is 0.0600. The van der Waals surface area contributed by atoms with Gasteiger partial charge in [0.2, 0.25) is 0 Å². The van der Waals surface area contributed by atoms with Crippen LogP contribution in [0.5, 0.6) is 5.75 Å². The van der Waals surface area contributed by atoms with E-state index in [0.717, 1.165) is 11.3 Å². The number of aryl methyl sites for hydroxylation is 1. The average molecular weight is 497 g/mol. The van der Waals surface area contributed by atoms with Gasteiger partial charge in [0.1, 0.15) is 11.9 Å². The van der Waals surface area contributed by atoms with Crippen LogP contribution in [0.15, 0.2) is 53.5 Å². The van der Waals surface area contributed by atoms with Crippen LogP contribution in [0.3, 0.4) is 0 Å². The highest BCUT2D eigenvalue weighted by molar-refractivity contribution is 14.0. The number of carbonyl (C=O) groups is 1. The summed E-state index contributed by atoms with van der Waals surface area (Å²) in [5.74, 6) is 1.21. The normalized spacial score (nSPS) is 11.8. The van der Waals surface area contributed by atoms with E-state index in [1.165, 1.54) is 12.7 Å². The highest BCUT2D eigenvalue weighted by Crippen LogP contribution is 2.13. The number of nitrogens with zero attached hydrogens (tertiary/aromatic N) is 1. The molecule has 0 saturated heterocycles. The van der Waals surface area contributed by atoms with Gasteiger partial charge in [-0.2, -0.15) is 0 Å². The largest absolute Gasteiger partial charge is 0.489 e. The van der Waals surface area contributed by atoms with Crippen LogP contribution >= 0.6 is 24.0 Å². The number of carbonyl (C=O) groups excluding carboxylic acids is 1. The standard InChI is InChI=1S/C21H27N3O3.HI/c1-15-6-5-7-19(12-15)27-16(2)13-23-21(22-3)24-14-17-8-10-18(11-9-17)20(25)26-4;/h5-12,16H,13-14H2,1-4H3,(H2,22,23,24);1H. The van der Waals surface area contributed by atoms with Crippen molar-refractivity contribution in [3.8, 4) is 5.75 Å². The number of guanidine groups is 1. The molecule has 0 amide bonds. The van der Waals surface area contributed by atoms with Crippen LogP contribution in [0.4, 0.5) is 0 Å². The first-order chi connectivity index (χ1) is 13.0. The highest BCUT2D eigenvalue weighted by Gasteiger charge is 2.07. The molecule has 0 aliphatic heterocycles. The SMILES string of the molecule is CN=C(NCc1ccc(C(=O)OC)cc1)NCC(C)Oc1cccc(C)c1.I. The molecule has 0 aromatic heterocycles. The summed E-state index contributed by atoms with van der Waals surface area (Å²) in [6, 6.07) is 15.3. The highest BCUT2D eigenvalue weighted by atomic mass is 127. The van der Waals surface area contributed by atoms with Gasteiger partial charge in [0.05, 0.1) is 19.2 Å². The number of methoxy groups -OCH3 is 1. The van der Waals surface area contributed by atoms with E-state index in [-0.39, 0.29) is 36.0 Å². The number of ether oxygens (including phenoxy) is 2. The van der Waals surface area contributed by atoms with Gasteiger partial charge in [-0.15, -0.1) is 24.0 Å². The van der Waals surface area contributed by atoms with E-state index in [1.54, 1.807) is 19.2 Å². The molecule has 0 aliphatic carbocycles. The number of hydrogen-bond acceptors (Lipinski definition) is 4. The third-order valence-corrected chi connectivity index (χ3v) is 3.94. The molecule has 2 aromatic rings. The number of hydrogen-bond donors (Lipinski definition) is 2. The minimum atomic E-state index is -0.338. The second-order valence-corrected chi connectivity index (χ2v) is 6.24. The van der Waals surface area contributed by atoms with Crippen molar-refractivity contribution in [3.05, 3.63) is 65.2 Å². The van der Waals surface area contributed by atoms with Gasteiger partial charge in [-0.1, -0.05) is 24.3 Å². The Bertz CT molecular complexity index is 779. The van der Waals surface area contributed by atoms with E-state index in [2.05, 4.69) is 15.6 Å². The van der Waals surface area contributed by atoms with Crippen LogP contribution in [-0.4, -0.2) is 38.7 Å². The zero-order chi connectivity index (χ0) is 19.6. The third-order valence-electron chi connectivity index (χ3n) is 3.94. The molecular weight excluding hydrogens is 469 g/mol. The van der Waals surface area contributed by atoms with E-state index in [4.69, 9.17) is 9.47 Å². The molecule has 28 heavy (non-hydrogen) atoms. The number of nitrogens with one attached hydrogen (secondary N) is 2. The zero-order valence-corrected chi connectivity index (χ0v) is 19.0. The van der Waals surface area contributed by atoms with E-state index in [0.29, 0.717) is 24.6 Å². The maximum absolute atomic E-state index is 11.5. The Morgan fingerprint density at radius 3 is 2.46 bits per heavy atom. The lowest BCUT2D eigenvalue weighted by atomic mass is 10.1. The minimum Gasteiger partial charge on any atom is -0.489 e. The molecule has 2 aromatic carbocycles. The second-order valence-electron chi connectivity index (χ2n) is 6.24. The van der Waals surface area contributed by atoms with Crippen LogP contribution in [0, 0.1) is 6.92 Å². The summed E-state index contributed by atoms with van der Waals surface area (Å²) in [5.41, 5.74) is 2.74. The quantitative estimate of drug-likeness (QED) is 0.265. The number of benzene rings is 2. The Kier molecular flexibility index (Phi) is 10.4. The third kappa shape index (κ3) is 7.75. The smallest absolute Gasteiger partial charge is 0.337 e. The van der Waals surface area contributed by atoms with Gasteiger partial charge in [0.25, 0.3) is 0 Å². The minimum absolute atomic E-state index is 0. The Morgan fingerprint density at radius 2 is 1.86 bits per heavy atom. The lowest BCUT2D eigenvalue weighted by Crippen LogP contribution is -2.41. The van der Waals surface area contributed by atoms with E-state index in [9.17, 15) is 4.79 Å². The Morgan fingerprint density at radius 1 is 1.14 bits per heavy atom. The van der Waals surface area contributed by atoms with Gasteiger partial charge in [0.15, 0.2) is 5.96 Å². The van der Waals surface area contributed by atoms with Crippen LogP contribution in [0.2, 0.25) is 0 Å². The van der Waals surface area contributed by atoms with Crippen molar-refractivity contribution in [2.24, 2.45) is 4.99 Å². The number of halogens is 1. The molecule has 7 heteroatoms. The van der Waals surface area contributed by atoms with Gasteiger partial charge in [0, 0.05) is 13.6 Å². The zero-order valence-electron chi connectivity index (χ0n) is 16.7. The number of esters is 1. The fraction of sp³-hybridized carbons (Fsp3) is 0.333. The molecule has 0 fully saturated rings. The van der Waals surface area contributed by atoms with E-state index < -0.39 is 0 Å². The molecule has 0 bridgehead atoms. The molecule has 152 valence electrons. The Balaban J connectivity index is 0.00000392. The van der Waals surface area contributed by atoms with Crippen LogP contribution in [-0.2, 0) is 11.3 Å². The van der Waals surface area contributed by atoms with Crippen molar-refractivity contribution in [1.82, 2.24) is 10.6 Å². The van der Waals surface area contributed by atoms with Crippen molar-refractivity contribution >= 4 is 35.9 Å². The molecule has 1 atom stereocenters. The average Bonchev–Trinajstić information content (AvgIpc) is 2.68. The van der Waals surface area contributed by atoms with Crippen molar-refractivity contribution in [3.63, 3.8) is 0 Å². The number of aliphatic imine (C=N–C) groups is 1. The summed E-state index contributed by atoms with van der Waals surface area (Å²) in [6.07, 6.45) is -0.00955. The molecule has 2 rings (SSSR count). The first-order valence-corrected chi connectivity index (χ1v) is 8.87. The predicted octanol–water partition coefficient (Wildman–Crippen LogP) is 3.53. The number of rotatable bonds is 7. The van der Waals surface area contributed by atoms with Crippen molar-refractivity contribution in [2.75, 3.05) is 20.7 Å². The summed E-state index contributed by atoms with van der Waals surface area (Å²) >= 11 is 0. The molecule has 1 unspecified atom stereocenters.